The summed E-state index contributed by atoms with van der Waals surface area (Å²) >= 11 is 0. The van der Waals surface area contributed by atoms with Crippen LogP contribution in [0.15, 0.2) is 29.2 Å². The standard InChI is InChI=1S/C13H18O3/c1-3-4-5-6-10-11(9-14)13(16-2)8-7-12(10)15/h7-8,10,15H,3-6H2,1-2H3. The van der Waals surface area contributed by atoms with Crippen molar-refractivity contribution < 1.29 is 14.6 Å². The first-order valence-corrected chi connectivity index (χ1v) is 5.64. The van der Waals surface area contributed by atoms with E-state index in [4.69, 9.17) is 4.74 Å². The zero-order valence-electron chi connectivity index (χ0n) is 9.82. The maximum Gasteiger partial charge on any atom is 0.133 e. The number of carbonyl (C=O) groups excluding carboxylic acids is 1. The van der Waals surface area contributed by atoms with Crippen molar-refractivity contribution in [2.45, 2.75) is 32.6 Å². The average Bonchev–Trinajstić information content (AvgIpc) is 2.31. The highest BCUT2D eigenvalue weighted by Crippen LogP contribution is 2.32. The van der Waals surface area contributed by atoms with Gasteiger partial charge in [-0.1, -0.05) is 26.2 Å². The van der Waals surface area contributed by atoms with Crippen molar-refractivity contribution in [3.05, 3.63) is 29.2 Å². The van der Waals surface area contributed by atoms with Crippen molar-refractivity contribution in [2.24, 2.45) is 5.92 Å². The molecule has 0 bridgehead atoms. The molecular weight excluding hydrogens is 204 g/mol. The lowest BCUT2D eigenvalue weighted by molar-refractivity contribution is 0.272. The number of aliphatic hydroxyl groups is 1. The van der Waals surface area contributed by atoms with Crippen LogP contribution in [-0.4, -0.2) is 18.2 Å². The molecule has 0 radical (unpaired) electrons. The number of aliphatic hydroxyl groups excluding tert-OH is 1. The SMILES string of the molecule is CCCCCC1C(=C=O)C(OC)=CC=C1O. The zero-order chi connectivity index (χ0) is 12.0. The second-order valence-corrected chi connectivity index (χ2v) is 3.89. The van der Waals surface area contributed by atoms with Gasteiger partial charge in [-0.25, -0.2) is 4.79 Å². The van der Waals surface area contributed by atoms with E-state index >= 15 is 0 Å². The van der Waals surface area contributed by atoms with Gasteiger partial charge in [-0.05, 0) is 18.6 Å². The Kier molecular flexibility index (Phi) is 4.87. The first-order valence-electron chi connectivity index (χ1n) is 5.64. The van der Waals surface area contributed by atoms with Gasteiger partial charge in [0.15, 0.2) is 0 Å². The van der Waals surface area contributed by atoms with Crippen molar-refractivity contribution >= 4 is 5.94 Å². The molecule has 0 aromatic carbocycles. The quantitative estimate of drug-likeness (QED) is 0.574. The van der Waals surface area contributed by atoms with Gasteiger partial charge in [0.2, 0.25) is 0 Å². The van der Waals surface area contributed by atoms with Crippen LogP contribution in [0.25, 0.3) is 0 Å². The molecule has 88 valence electrons. The molecule has 0 saturated heterocycles. The molecule has 1 aliphatic carbocycles. The molecule has 1 unspecified atom stereocenters. The van der Waals surface area contributed by atoms with E-state index in [1.54, 1.807) is 12.2 Å². The zero-order valence-corrected chi connectivity index (χ0v) is 9.82. The fourth-order valence-electron chi connectivity index (χ4n) is 1.88. The smallest absolute Gasteiger partial charge is 0.133 e. The number of ether oxygens (including phenoxy) is 1. The summed E-state index contributed by atoms with van der Waals surface area (Å²) in [6, 6.07) is 0. The van der Waals surface area contributed by atoms with E-state index in [1.165, 1.54) is 7.11 Å². The molecule has 0 aromatic heterocycles. The minimum Gasteiger partial charge on any atom is -0.512 e. The lowest BCUT2D eigenvalue weighted by atomic mass is 9.87. The van der Waals surface area contributed by atoms with Crippen LogP contribution in [0.5, 0.6) is 0 Å². The molecule has 16 heavy (non-hydrogen) atoms. The summed E-state index contributed by atoms with van der Waals surface area (Å²) in [5.74, 6) is 2.38. The Morgan fingerprint density at radius 2 is 2.19 bits per heavy atom. The van der Waals surface area contributed by atoms with Gasteiger partial charge >= 0.3 is 0 Å². The van der Waals surface area contributed by atoms with E-state index in [0.29, 0.717) is 11.3 Å². The number of unbranched alkanes of at least 4 members (excludes halogenated alkanes) is 2. The second-order valence-electron chi connectivity index (χ2n) is 3.89. The molecule has 0 saturated carbocycles. The number of hydrogen-bond acceptors (Lipinski definition) is 3. The summed E-state index contributed by atoms with van der Waals surface area (Å²) < 4.78 is 5.09. The molecule has 1 rings (SSSR count). The summed E-state index contributed by atoms with van der Waals surface area (Å²) in [6.45, 7) is 2.12. The second kappa shape index (κ2) is 6.19. The van der Waals surface area contributed by atoms with Crippen LogP contribution in [0.4, 0.5) is 0 Å². The molecule has 1 atom stereocenters. The molecule has 1 N–H and O–H groups in total. The minimum atomic E-state index is -0.246. The van der Waals surface area contributed by atoms with E-state index in [-0.39, 0.29) is 11.7 Å². The van der Waals surface area contributed by atoms with Crippen LogP contribution < -0.4 is 0 Å². The average molecular weight is 222 g/mol. The number of methoxy groups -OCH3 is 1. The predicted molar refractivity (Wildman–Crippen MR) is 62.6 cm³/mol. The van der Waals surface area contributed by atoms with Gasteiger partial charge in [-0.3, -0.25) is 0 Å². The van der Waals surface area contributed by atoms with Crippen LogP contribution in [0.3, 0.4) is 0 Å². The summed E-state index contributed by atoms with van der Waals surface area (Å²) in [5, 5.41) is 9.74. The summed E-state index contributed by atoms with van der Waals surface area (Å²) in [6.07, 6.45) is 7.16. The lowest BCUT2D eigenvalue weighted by Gasteiger charge is -2.21. The lowest BCUT2D eigenvalue weighted by Crippen LogP contribution is -2.14. The van der Waals surface area contributed by atoms with E-state index < -0.39 is 0 Å². The minimum absolute atomic E-state index is 0.232. The molecule has 1 aliphatic rings. The Bertz CT molecular complexity index is 346. The molecule has 0 aromatic rings. The maximum atomic E-state index is 10.9. The molecular formula is C13H18O3. The largest absolute Gasteiger partial charge is 0.512 e. The number of rotatable bonds is 5. The third-order valence-electron chi connectivity index (χ3n) is 2.80. The van der Waals surface area contributed by atoms with Gasteiger partial charge in [0.1, 0.15) is 17.5 Å². The maximum absolute atomic E-state index is 10.9. The van der Waals surface area contributed by atoms with Crippen LogP contribution in [-0.2, 0) is 9.53 Å². The van der Waals surface area contributed by atoms with Crippen molar-refractivity contribution in [1.82, 2.24) is 0 Å². The molecule has 0 aliphatic heterocycles. The van der Waals surface area contributed by atoms with Gasteiger partial charge in [-0.15, -0.1) is 0 Å². The Hall–Kier alpha value is -1.47. The van der Waals surface area contributed by atoms with E-state index in [1.807, 2.05) is 5.94 Å². The van der Waals surface area contributed by atoms with Crippen molar-refractivity contribution in [1.29, 1.82) is 0 Å². The number of hydrogen-bond donors (Lipinski definition) is 1. The highest BCUT2D eigenvalue weighted by Gasteiger charge is 2.26. The summed E-state index contributed by atoms with van der Waals surface area (Å²) in [7, 11) is 1.52. The third kappa shape index (κ3) is 2.77. The van der Waals surface area contributed by atoms with E-state index in [9.17, 15) is 9.90 Å². The normalized spacial score (nSPS) is 19.9. The first kappa shape index (κ1) is 12.6. The fourth-order valence-corrected chi connectivity index (χ4v) is 1.88. The topological polar surface area (TPSA) is 46.5 Å². The van der Waals surface area contributed by atoms with Gasteiger partial charge < -0.3 is 9.84 Å². The first-order chi connectivity index (χ1) is 7.74. The molecule has 0 amide bonds. The fraction of sp³-hybridized carbons (Fsp3) is 0.538. The predicted octanol–water partition coefficient (Wildman–Crippen LogP) is 2.93. The Labute approximate surface area is 96.1 Å². The molecule has 3 heteroatoms. The molecule has 0 fully saturated rings. The highest BCUT2D eigenvalue weighted by atomic mass is 16.5. The van der Waals surface area contributed by atoms with E-state index in [2.05, 4.69) is 6.92 Å². The number of allylic oxidation sites excluding steroid dienone is 4. The Morgan fingerprint density at radius 3 is 2.75 bits per heavy atom. The molecule has 0 spiro atoms. The van der Waals surface area contributed by atoms with Gasteiger partial charge in [0, 0.05) is 0 Å². The van der Waals surface area contributed by atoms with Gasteiger partial charge in [0.05, 0.1) is 18.6 Å². The highest BCUT2D eigenvalue weighted by molar-refractivity contribution is 5.63. The Balaban J connectivity index is 2.79. The van der Waals surface area contributed by atoms with Crippen molar-refractivity contribution in [3.8, 4) is 0 Å². The third-order valence-corrected chi connectivity index (χ3v) is 2.80. The van der Waals surface area contributed by atoms with Crippen LogP contribution in [0.1, 0.15) is 32.6 Å². The van der Waals surface area contributed by atoms with Crippen molar-refractivity contribution in [2.75, 3.05) is 7.11 Å². The van der Waals surface area contributed by atoms with E-state index in [0.717, 1.165) is 25.7 Å². The van der Waals surface area contributed by atoms with Gasteiger partial charge in [-0.2, -0.15) is 0 Å². The van der Waals surface area contributed by atoms with Crippen LogP contribution >= 0.6 is 0 Å². The van der Waals surface area contributed by atoms with Crippen LogP contribution in [0.2, 0.25) is 0 Å². The molecule has 0 heterocycles. The van der Waals surface area contributed by atoms with Crippen LogP contribution in [0, 0.1) is 5.92 Å². The van der Waals surface area contributed by atoms with Gasteiger partial charge in [0.25, 0.3) is 0 Å². The monoisotopic (exact) mass is 222 g/mol. The van der Waals surface area contributed by atoms with Crippen molar-refractivity contribution in [3.63, 3.8) is 0 Å². The summed E-state index contributed by atoms with van der Waals surface area (Å²) in [5.41, 5.74) is 0.429. The Morgan fingerprint density at radius 1 is 1.44 bits per heavy atom. The summed E-state index contributed by atoms with van der Waals surface area (Å²) in [4.78, 5) is 10.9. The molecule has 3 nitrogen and oxygen atoms in total.